The van der Waals surface area contributed by atoms with Gasteiger partial charge in [0.1, 0.15) is 0 Å². The number of carboxylic acids is 1. The van der Waals surface area contributed by atoms with E-state index in [9.17, 15) is 22.4 Å². The van der Waals surface area contributed by atoms with Gasteiger partial charge in [0.2, 0.25) is 0 Å². The minimum absolute atomic E-state index is 0.115. The van der Waals surface area contributed by atoms with Crippen LogP contribution in [-0.4, -0.2) is 11.1 Å². The van der Waals surface area contributed by atoms with Crippen molar-refractivity contribution >= 4 is 34.9 Å². The van der Waals surface area contributed by atoms with Gasteiger partial charge in [-0.15, -0.1) is 0 Å². The molecule has 2 aromatic carbocycles. The molecule has 0 atom stereocenters. The second-order valence-corrected chi connectivity index (χ2v) is 4.67. The molecule has 9 heteroatoms. The zero-order valence-corrected chi connectivity index (χ0v) is 12.0. The number of rotatable bonds is 1. The van der Waals surface area contributed by atoms with Gasteiger partial charge in [0, 0.05) is 5.69 Å². The number of halogens is 6. The van der Waals surface area contributed by atoms with E-state index in [2.05, 4.69) is 0 Å². The van der Waals surface area contributed by atoms with Crippen molar-refractivity contribution in [3.8, 4) is 0 Å². The molecule has 0 spiro atoms. The molecule has 0 saturated heterocycles. The number of nitrogens with two attached hydrogens (primary N) is 1. The van der Waals surface area contributed by atoms with Gasteiger partial charge in [-0.1, -0.05) is 23.2 Å². The summed E-state index contributed by atoms with van der Waals surface area (Å²) in [6.45, 7) is 0. The van der Waals surface area contributed by atoms with E-state index >= 15 is 0 Å². The van der Waals surface area contributed by atoms with Gasteiger partial charge >= 0.3 is 5.97 Å². The van der Waals surface area contributed by atoms with Crippen LogP contribution in [0.15, 0.2) is 24.3 Å². The summed E-state index contributed by atoms with van der Waals surface area (Å²) >= 11 is 10.4. The highest BCUT2D eigenvalue weighted by molar-refractivity contribution is 6.31. The van der Waals surface area contributed by atoms with E-state index in [-0.39, 0.29) is 16.3 Å². The van der Waals surface area contributed by atoms with Gasteiger partial charge < -0.3 is 10.8 Å². The Hall–Kier alpha value is -1.99. The molecule has 3 N–H and O–H groups in total. The Kier molecular flexibility index (Phi) is 6.01. The third-order valence-electron chi connectivity index (χ3n) is 2.24. The van der Waals surface area contributed by atoms with E-state index in [1.807, 2.05) is 0 Å². The third kappa shape index (κ3) is 4.51. The Morgan fingerprint density at radius 3 is 1.77 bits per heavy atom. The summed E-state index contributed by atoms with van der Waals surface area (Å²) in [5, 5.41) is 7.55. The van der Waals surface area contributed by atoms with Crippen LogP contribution in [0.2, 0.25) is 10.0 Å². The monoisotopic (exact) mass is 355 g/mol. The number of aromatic carboxylic acids is 1. The smallest absolute Gasteiger partial charge is 0.335 e. The quantitative estimate of drug-likeness (QED) is 0.449. The molecule has 0 heterocycles. The summed E-state index contributed by atoms with van der Waals surface area (Å²) in [6.07, 6.45) is 0. The molecule has 0 amide bonds. The Labute approximate surface area is 131 Å². The summed E-state index contributed by atoms with van der Waals surface area (Å²) in [4.78, 5) is 10.3. The van der Waals surface area contributed by atoms with Crippen molar-refractivity contribution in [3.05, 3.63) is 63.1 Å². The van der Waals surface area contributed by atoms with Crippen LogP contribution in [-0.2, 0) is 0 Å². The molecule has 0 unspecified atom stereocenters. The summed E-state index contributed by atoms with van der Waals surface area (Å²) in [5.74, 6) is -5.93. The van der Waals surface area contributed by atoms with E-state index in [1.54, 1.807) is 0 Å². The predicted octanol–water partition coefficient (Wildman–Crippen LogP) is 4.52. The van der Waals surface area contributed by atoms with Crippen molar-refractivity contribution in [1.29, 1.82) is 0 Å². The molecule has 0 aliphatic heterocycles. The molecule has 3 nitrogen and oxygen atoms in total. The number of hydrogen-bond donors (Lipinski definition) is 2. The first kappa shape index (κ1) is 18.1. The maximum atomic E-state index is 12.5. The minimum Gasteiger partial charge on any atom is -0.478 e. The molecular weight excluding hydrogens is 349 g/mol. The van der Waals surface area contributed by atoms with Crippen molar-refractivity contribution < 1.29 is 27.5 Å². The van der Waals surface area contributed by atoms with Gasteiger partial charge in [0.25, 0.3) is 0 Å². The van der Waals surface area contributed by atoms with Gasteiger partial charge in [0.05, 0.1) is 15.6 Å². The predicted molar refractivity (Wildman–Crippen MR) is 74.1 cm³/mol. The second kappa shape index (κ2) is 7.33. The second-order valence-electron chi connectivity index (χ2n) is 3.86. The van der Waals surface area contributed by atoms with Crippen LogP contribution in [0, 0.1) is 23.3 Å². The number of carbonyl (C=O) groups is 1. The van der Waals surface area contributed by atoms with Gasteiger partial charge in [-0.05, 0) is 24.3 Å². The Morgan fingerprint density at radius 1 is 0.909 bits per heavy atom. The summed E-state index contributed by atoms with van der Waals surface area (Å²) in [5.41, 5.74) is 4.88. The standard InChI is InChI=1S/C7H3ClF2O2.C6H4ClF2N/c8-4-1-3(7(11)12)2-5(9)6(4)10;7-4-1-3(10)2-5(8)6(4)9/h1-2H,(H,11,12);1-2H,10H2. The average molecular weight is 356 g/mol. The molecule has 0 saturated carbocycles. The van der Waals surface area contributed by atoms with Crippen LogP contribution in [0.25, 0.3) is 0 Å². The molecule has 0 aromatic heterocycles. The molecule has 0 aliphatic rings. The maximum absolute atomic E-state index is 12.5. The highest BCUT2D eigenvalue weighted by Gasteiger charge is 2.12. The van der Waals surface area contributed by atoms with Gasteiger partial charge in [-0.3, -0.25) is 0 Å². The maximum Gasteiger partial charge on any atom is 0.335 e. The number of carboxylic acid groups (broad SMARTS) is 1. The van der Waals surface area contributed by atoms with Crippen molar-refractivity contribution in [3.63, 3.8) is 0 Å². The van der Waals surface area contributed by atoms with Crippen molar-refractivity contribution in [2.24, 2.45) is 0 Å². The fraction of sp³-hybridized carbons (Fsp3) is 0. The van der Waals surface area contributed by atoms with Gasteiger partial charge in [-0.2, -0.15) is 0 Å². The zero-order chi connectivity index (χ0) is 17.0. The summed E-state index contributed by atoms with van der Waals surface area (Å²) in [7, 11) is 0. The van der Waals surface area contributed by atoms with Crippen molar-refractivity contribution in [2.75, 3.05) is 5.73 Å². The topological polar surface area (TPSA) is 63.3 Å². The fourth-order valence-corrected chi connectivity index (χ4v) is 1.68. The van der Waals surface area contributed by atoms with E-state index in [4.69, 9.17) is 34.0 Å². The lowest BCUT2D eigenvalue weighted by Gasteiger charge is -1.98. The Morgan fingerprint density at radius 2 is 1.36 bits per heavy atom. The summed E-state index contributed by atoms with van der Waals surface area (Å²) in [6, 6.07) is 3.45. The van der Waals surface area contributed by atoms with Crippen LogP contribution in [0.5, 0.6) is 0 Å². The SMILES string of the molecule is Nc1cc(F)c(F)c(Cl)c1.O=C(O)c1cc(F)c(F)c(Cl)c1. The van der Waals surface area contributed by atoms with Crippen LogP contribution in [0.1, 0.15) is 10.4 Å². The number of benzene rings is 2. The lowest BCUT2D eigenvalue weighted by Crippen LogP contribution is -1.98. The number of nitrogen functional groups attached to an aromatic ring is 1. The number of hydrogen-bond acceptors (Lipinski definition) is 2. The van der Waals surface area contributed by atoms with Gasteiger partial charge in [-0.25, -0.2) is 22.4 Å². The molecule has 0 bridgehead atoms. The molecule has 118 valence electrons. The average Bonchev–Trinajstić information content (AvgIpc) is 2.42. The van der Waals surface area contributed by atoms with Crippen molar-refractivity contribution in [1.82, 2.24) is 0 Å². The van der Waals surface area contributed by atoms with E-state index in [1.165, 1.54) is 0 Å². The van der Waals surface area contributed by atoms with Crippen molar-refractivity contribution in [2.45, 2.75) is 0 Å². The van der Waals surface area contributed by atoms with Crippen LogP contribution < -0.4 is 5.73 Å². The minimum atomic E-state index is -1.35. The van der Waals surface area contributed by atoms with Crippen LogP contribution in [0.3, 0.4) is 0 Å². The van der Waals surface area contributed by atoms with E-state index in [0.717, 1.165) is 18.2 Å². The highest BCUT2D eigenvalue weighted by Crippen LogP contribution is 2.20. The lowest BCUT2D eigenvalue weighted by atomic mass is 10.2. The summed E-state index contributed by atoms with van der Waals surface area (Å²) < 4.78 is 49.6. The first-order valence-electron chi connectivity index (χ1n) is 5.41. The van der Waals surface area contributed by atoms with E-state index in [0.29, 0.717) is 6.07 Å². The third-order valence-corrected chi connectivity index (χ3v) is 2.79. The van der Waals surface area contributed by atoms with E-state index < -0.39 is 34.3 Å². The molecule has 0 aliphatic carbocycles. The number of anilines is 1. The first-order chi connectivity index (χ1) is 10.1. The molecular formula is C13H7Cl2F4NO2. The normalized spacial score (nSPS) is 9.91. The first-order valence-corrected chi connectivity index (χ1v) is 6.17. The molecule has 0 fully saturated rings. The van der Waals surface area contributed by atoms with Crippen LogP contribution in [0.4, 0.5) is 23.2 Å². The largest absolute Gasteiger partial charge is 0.478 e. The van der Waals surface area contributed by atoms with Crippen LogP contribution >= 0.6 is 23.2 Å². The zero-order valence-electron chi connectivity index (χ0n) is 10.5. The molecule has 2 aromatic rings. The molecule has 0 radical (unpaired) electrons. The molecule has 22 heavy (non-hydrogen) atoms. The molecule has 2 rings (SSSR count). The fourth-order valence-electron chi connectivity index (χ4n) is 1.25. The highest BCUT2D eigenvalue weighted by atomic mass is 35.5. The Bertz CT molecular complexity index is 679. The van der Waals surface area contributed by atoms with Gasteiger partial charge in [0.15, 0.2) is 23.3 Å². The lowest BCUT2D eigenvalue weighted by molar-refractivity contribution is 0.0696. The Balaban J connectivity index is 0.000000224.